The van der Waals surface area contributed by atoms with Gasteiger partial charge in [0.25, 0.3) is 5.91 Å². The molecule has 1 N–H and O–H groups in total. The molecule has 0 saturated carbocycles. The Kier molecular flexibility index (Phi) is 5.44. The second-order valence-corrected chi connectivity index (χ2v) is 7.70. The van der Waals surface area contributed by atoms with Crippen molar-refractivity contribution in [2.24, 2.45) is 0 Å². The first-order valence-electron chi connectivity index (χ1n) is 10.1. The number of rotatable bonds is 5. The summed E-state index contributed by atoms with van der Waals surface area (Å²) in [7, 11) is 0. The summed E-state index contributed by atoms with van der Waals surface area (Å²) in [4.78, 5) is 28.6. The van der Waals surface area contributed by atoms with E-state index in [0.29, 0.717) is 18.7 Å². The highest BCUT2D eigenvalue weighted by Gasteiger charge is 2.23. The highest BCUT2D eigenvalue weighted by Crippen LogP contribution is 2.29. The molecule has 2 heterocycles. The number of nitrogens with zero attached hydrogens (tertiary/aromatic N) is 2. The lowest BCUT2D eigenvalue weighted by Crippen LogP contribution is -2.26. The summed E-state index contributed by atoms with van der Waals surface area (Å²) >= 11 is 0. The molecule has 28 heavy (non-hydrogen) atoms. The Morgan fingerprint density at radius 1 is 1.00 bits per heavy atom. The van der Waals surface area contributed by atoms with Crippen molar-refractivity contribution < 1.29 is 9.59 Å². The largest absolute Gasteiger partial charge is 0.348 e. The van der Waals surface area contributed by atoms with Gasteiger partial charge in [-0.05, 0) is 67.2 Å². The second-order valence-electron chi connectivity index (χ2n) is 7.70. The molecule has 0 atom stereocenters. The van der Waals surface area contributed by atoms with E-state index in [9.17, 15) is 9.59 Å². The number of fused-ring (bicyclic) bond motifs is 1. The van der Waals surface area contributed by atoms with Gasteiger partial charge in [0.2, 0.25) is 5.91 Å². The summed E-state index contributed by atoms with van der Waals surface area (Å²) in [5, 5.41) is 3.07. The van der Waals surface area contributed by atoms with Crippen molar-refractivity contribution in [3.8, 4) is 0 Å². The standard InChI is InChI=1S/C23H27N3O2/c1-17(27)26-13-10-18-14-19(8-9-22(18)26)23(28)24-15-20-6-2-3-7-21(20)16-25-11-4-5-12-25/h2-3,6-9,14H,4-5,10-13,15-16H2,1H3,(H,24,28). The maximum absolute atomic E-state index is 12.7. The predicted molar refractivity (Wildman–Crippen MR) is 110 cm³/mol. The smallest absolute Gasteiger partial charge is 0.251 e. The van der Waals surface area contributed by atoms with Crippen LogP contribution in [0.15, 0.2) is 42.5 Å². The van der Waals surface area contributed by atoms with E-state index in [0.717, 1.165) is 37.3 Å². The molecule has 5 heteroatoms. The van der Waals surface area contributed by atoms with Crippen LogP contribution < -0.4 is 10.2 Å². The number of carbonyl (C=O) groups excluding carboxylic acids is 2. The van der Waals surface area contributed by atoms with E-state index in [-0.39, 0.29) is 11.8 Å². The van der Waals surface area contributed by atoms with E-state index in [1.165, 1.54) is 24.0 Å². The van der Waals surface area contributed by atoms with Crippen molar-refractivity contribution in [3.05, 3.63) is 64.7 Å². The molecule has 0 radical (unpaired) electrons. The monoisotopic (exact) mass is 377 g/mol. The van der Waals surface area contributed by atoms with Crippen molar-refractivity contribution in [1.29, 1.82) is 0 Å². The molecule has 2 aliphatic heterocycles. The number of likely N-dealkylation sites (tertiary alicyclic amines) is 1. The van der Waals surface area contributed by atoms with Crippen LogP contribution in [0.2, 0.25) is 0 Å². The van der Waals surface area contributed by atoms with Crippen molar-refractivity contribution in [1.82, 2.24) is 10.2 Å². The Hall–Kier alpha value is -2.66. The molecule has 146 valence electrons. The maximum Gasteiger partial charge on any atom is 0.251 e. The van der Waals surface area contributed by atoms with Crippen LogP contribution in [-0.4, -0.2) is 36.3 Å². The molecule has 2 aliphatic rings. The van der Waals surface area contributed by atoms with Gasteiger partial charge in [0.15, 0.2) is 0 Å². The SMILES string of the molecule is CC(=O)N1CCc2cc(C(=O)NCc3ccccc3CN3CCCC3)ccc21. The number of carbonyl (C=O) groups is 2. The summed E-state index contributed by atoms with van der Waals surface area (Å²) in [6.45, 7) is 6.07. The van der Waals surface area contributed by atoms with E-state index < -0.39 is 0 Å². The molecule has 2 aromatic carbocycles. The molecule has 0 aliphatic carbocycles. The third-order valence-electron chi connectivity index (χ3n) is 5.77. The molecule has 0 bridgehead atoms. The quantitative estimate of drug-likeness (QED) is 0.871. The van der Waals surface area contributed by atoms with Crippen LogP contribution in [-0.2, 0) is 24.3 Å². The Bertz CT molecular complexity index is 887. The Labute approximate surface area is 166 Å². The lowest BCUT2D eigenvalue weighted by atomic mass is 10.1. The zero-order valence-corrected chi connectivity index (χ0v) is 16.4. The first-order chi connectivity index (χ1) is 13.6. The number of nitrogens with one attached hydrogen (secondary N) is 1. The third kappa shape index (κ3) is 3.94. The highest BCUT2D eigenvalue weighted by atomic mass is 16.2. The molecule has 4 rings (SSSR count). The molecule has 1 saturated heterocycles. The minimum absolute atomic E-state index is 0.0468. The van der Waals surface area contributed by atoms with Crippen LogP contribution in [0.1, 0.15) is 46.8 Å². The normalized spacial score (nSPS) is 16.2. The van der Waals surface area contributed by atoms with Crippen molar-refractivity contribution in [3.63, 3.8) is 0 Å². The fourth-order valence-corrected chi connectivity index (χ4v) is 4.21. The first kappa shape index (κ1) is 18.7. The summed E-state index contributed by atoms with van der Waals surface area (Å²) < 4.78 is 0. The van der Waals surface area contributed by atoms with Crippen LogP contribution in [0, 0.1) is 0 Å². The van der Waals surface area contributed by atoms with Gasteiger partial charge >= 0.3 is 0 Å². The minimum Gasteiger partial charge on any atom is -0.348 e. The molecular weight excluding hydrogens is 350 g/mol. The Morgan fingerprint density at radius 2 is 1.75 bits per heavy atom. The average molecular weight is 377 g/mol. The molecule has 1 fully saturated rings. The summed E-state index contributed by atoms with van der Waals surface area (Å²) in [5.74, 6) is -0.0226. The zero-order chi connectivity index (χ0) is 19.5. The maximum atomic E-state index is 12.7. The van der Waals surface area contributed by atoms with Crippen LogP contribution in [0.4, 0.5) is 5.69 Å². The second kappa shape index (κ2) is 8.15. The van der Waals surface area contributed by atoms with Crippen LogP contribution in [0.3, 0.4) is 0 Å². The number of anilines is 1. The third-order valence-corrected chi connectivity index (χ3v) is 5.77. The van der Waals surface area contributed by atoms with Crippen molar-refractivity contribution in [2.45, 2.75) is 39.3 Å². The van der Waals surface area contributed by atoms with Gasteiger partial charge in [-0.25, -0.2) is 0 Å². The summed E-state index contributed by atoms with van der Waals surface area (Å²) in [6.07, 6.45) is 3.35. The molecule has 0 unspecified atom stereocenters. The van der Waals surface area contributed by atoms with Gasteiger partial charge in [0, 0.05) is 37.8 Å². The molecule has 2 amide bonds. The lowest BCUT2D eigenvalue weighted by molar-refractivity contribution is -0.116. The summed E-state index contributed by atoms with van der Waals surface area (Å²) in [5.41, 5.74) is 5.11. The molecule has 2 aromatic rings. The fourth-order valence-electron chi connectivity index (χ4n) is 4.21. The van der Waals surface area contributed by atoms with Crippen LogP contribution in [0.5, 0.6) is 0 Å². The average Bonchev–Trinajstić information content (AvgIpc) is 3.36. The van der Waals surface area contributed by atoms with E-state index >= 15 is 0 Å². The highest BCUT2D eigenvalue weighted by molar-refractivity contribution is 5.97. The molecule has 0 spiro atoms. The number of benzene rings is 2. The van der Waals surface area contributed by atoms with Gasteiger partial charge in [-0.2, -0.15) is 0 Å². The van der Waals surface area contributed by atoms with Crippen LogP contribution >= 0.6 is 0 Å². The van der Waals surface area contributed by atoms with Gasteiger partial charge in [0.05, 0.1) is 0 Å². The van der Waals surface area contributed by atoms with Gasteiger partial charge in [0.1, 0.15) is 0 Å². The molecule has 5 nitrogen and oxygen atoms in total. The first-order valence-corrected chi connectivity index (χ1v) is 10.1. The Morgan fingerprint density at radius 3 is 2.50 bits per heavy atom. The minimum atomic E-state index is -0.0694. The lowest BCUT2D eigenvalue weighted by Gasteiger charge is -2.18. The van der Waals surface area contributed by atoms with E-state index in [4.69, 9.17) is 0 Å². The van der Waals surface area contributed by atoms with Gasteiger partial charge < -0.3 is 10.2 Å². The van der Waals surface area contributed by atoms with E-state index in [2.05, 4.69) is 28.4 Å². The predicted octanol–water partition coefficient (Wildman–Crippen LogP) is 3.12. The number of amides is 2. The topological polar surface area (TPSA) is 52.7 Å². The summed E-state index contributed by atoms with van der Waals surface area (Å²) in [6, 6.07) is 14.0. The van der Waals surface area contributed by atoms with Gasteiger partial charge in [-0.1, -0.05) is 24.3 Å². The molecule has 0 aromatic heterocycles. The Balaban J connectivity index is 1.42. The molecular formula is C23H27N3O2. The van der Waals surface area contributed by atoms with E-state index in [1.807, 2.05) is 24.3 Å². The van der Waals surface area contributed by atoms with Gasteiger partial charge in [-0.15, -0.1) is 0 Å². The number of hydrogen-bond donors (Lipinski definition) is 1. The number of hydrogen-bond acceptors (Lipinski definition) is 3. The van der Waals surface area contributed by atoms with Gasteiger partial charge in [-0.3, -0.25) is 14.5 Å². The fraction of sp³-hybridized carbons (Fsp3) is 0.391. The zero-order valence-electron chi connectivity index (χ0n) is 16.4. The van der Waals surface area contributed by atoms with E-state index in [1.54, 1.807) is 11.8 Å². The van der Waals surface area contributed by atoms with Crippen molar-refractivity contribution >= 4 is 17.5 Å². The van der Waals surface area contributed by atoms with Crippen LogP contribution in [0.25, 0.3) is 0 Å². The van der Waals surface area contributed by atoms with Crippen molar-refractivity contribution in [2.75, 3.05) is 24.5 Å².